The van der Waals surface area contributed by atoms with E-state index in [1.807, 2.05) is 54.6 Å². The van der Waals surface area contributed by atoms with E-state index in [1.54, 1.807) is 20.3 Å². The molecule has 0 fully saturated rings. The van der Waals surface area contributed by atoms with Gasteiger partial charge in [0, 0.05) is 13.5 Å². The van der Waals surface area contributed by atoms with Gasteiger partial charge in [-0.2, -0.15) is 9.97 Å². The number of anilines is 1. The number of benzene rings is 2. The number of nitrogen functional groups attached to an aromatic ring is 1. The number of methoxy groups -OCH3 is 2. The number of rotatable bonds is 12. The first-order valence-corrected chi connectivity index (χ1v) is 9.86. The Labute approximate surface area is 181 Å². The van der Waals surface area contributed by atoms with E-state index in [-0.39, 0.29) is 18.8 Å². The summed E-state index contributed by atoms with van der Waals surface area (Å²) in [4.78, 5) is 8.24. The van der Waals surface area contributed by atoms with Crippen molar-refractivity contribution >= 4 is 5.95 Å². The van der Waals surface area contributed by atoms with Gasteiger partial charge < -0.3 is 29.4 Å². The molecule has 0 saturated heterocycles. The van der Waals surface area contributed by atoms with E-state index in [4.69, 9.17) is 29.4 Å². The van der Waals surface area contributed by atoms with Crippen LogP contribution in [-0.2, 0) is 16.1 Å². The third-order valence-corrected chi connectivity index (χ3v) is 4.43. The van der Waals surface area contributed by atoms with Crippen LogP contribution in [0.4, 0.5) is 5.95 Å². The molecular formula is C23H27N3O5. The maximum atomic E-state index is 5.81. The average molecular weight is 425 g/mol. The Hall–Kier alpha value is -3.36. The molecule has 1 atom stereocenters. The molecule has 0 spiro atoms. The molecule has 0 bridgehead atoms. The zero-order valence-corrected chi connectivity index (χ0v) is 17.7. The summed E-state index contributed by atoms with van der Waals surface area (Å²) in [5.74, 6) is 1.55. The second-order valence-electron chi connectivity index (χ2n) is 6.65. The minimum absolute atomic E-state index is 0.0810. The van der Waals surface area contributed by atoms with Gasteiger partial charge in [-0.3, -0.25) is 0 Å². The molecule has 31 heavy (non-hydrogen) atoms. The van der Waals surface area contributed by atoms with Crippen LogP contribution in [0.3, 0.4) is 0 Å². The molecule has 8 nitrogen and oxygen atoms in total. The maximum Gasteiger partial charge on any atom is 0.226 e. The van der Waals surface area contributed by atoms with Crippen LogP contribution in [0, 0.1) is 0 Å². The maximum absolute atomic E-state index is 5.81. The molecule has 1 aromatic heterocycles. The molecule has 0 amide bonds. The van der Waals surface area contributed by atoms with Crippen molar-refractivity contribution in [1.29, 1.82) is 0 Å². The predicted molar refractivity (Wildman–Crippen MR) is 116 cm³/mol. The second kappa shape index (κ2) is 11.7. The quantitative estimate of drug-likeness (QED) is 0.438. The van der Waals surface area contributed by atoms with Gasteiger partial charge in [0.25, 0.3) is 0 Å². The fourth-order valence-electron chi connectivity index (χ4n) is 2.88. The first-order valence-electron chi connectivity index (χ1n) is 9.86. The highest BCUT2D eigenvalue weighted by atomic mass is 16.7. The van der Waals surface area contributed by atoms with Crippen LogP contribution in [-0.4, -0.2) is 37.6 Å². The minimum atomic E-state index is -0.161. The van der Waals surface area contributed by atoms with Gasteiger partial charge in [0.15, 0.2) is 0 Å². The van der Waals surface area contributed by atoms with Crippen LogP contribution in [0.2, 0.25) is 0 Å². The van der Waals surface area contributed by atoms with E-state index in [0.29, 0.717) is 31.4 Å². The Kier molecular flexibility index (Phi) is 8.45. The van der Waals surface area contributed by atoms with Crippen molar-refractivity contribution in [2.24, 2.45) is 0 Å². The highest BCUT2D eigenvalue weighted by Gasteiger charge is 2.13. The third kappa shape index (κ3) is 7.13. The molecule has 0 radical (unpaired) electrons. The van der Waals surface area contributed by atoms with Gasteiger partial charge in [0.2, 0.25) is 17.7 Å². The van der Waals surface area contributed by atoms with Gasteiger partial charge in [-0.25, -0.2) is 0 Å². The normalized spacial score (nSPS) is 11.7. The van der Waals surface area contributed by atoms with E-state index in [2.05, 4.69) is 9.97 Å². The molecule has 1 heterocycles. The fourth-order valence-corrected chi connectivity index (χ4v) is 2.88. The Morgan fingerprint density at radius 2 is 1.61 bits per heavy atom. The van der Waals surface area contributed by atoms with Crippen LogP contribution in [0.25, 0.3) is 0 Å². The lowest BCUT2D eigenvalue weighted by atomic mass is 10.1. The van der Waals surface area contributed by atoms with Crippen molar-refractivity contribution in [3.05, 3.63) is 71.8 Å². The molecule has 8 heteroatoms. The zero-order valence-electron chi connectivity index (χ0n) is 17.7. The molecular weight excluding hydrogens is 398 g/mol. The number of hydrogen-bond donors (Lipinski definition) is 1. The lowest BCUT2D eigenvalue weighted by molar-refractivity contribution is -0.0786. The van der Waals surface area contributed by atoms with Gasteiger partial charge >= 0.3 is 0 Å². The molecule has 2 N–H and O–H groups in total. The molecule has 164 valence electrons. The number of hydrogen-bond acceptors (Lipinski definition) is 8. The van der Waals surface area contributed by atoms with Crippen molar-refractivity contribution in [3.63, 3.8) is 0 Å². The molecule has 0 aliphatic carbocycles. The molecule has 0 aliphatic heterocycles. The summed E-state index contributed by atoms with van der Waals surface area (Å²) in [5, 5.41) is 0. The van der Waals surface area contributed by atoms with Gasteiger partial charge in [0.1, 0.15) is 19.1 Å². The van der Waals surface area contributed by atoms with Crippen molar-refractivity contribution < 1.29 is 23.7 Å². The fraction of sp³-hybridized carbons (Fsp3) is 0.304. The van der Waals surface area contributed by atoms with Crippen LogP contribution >= 0.6 is 0 Å². The standard InChI is InChI=1S/C23H27N3O5/c1-27-16-31-20(18-6-4-3-5-7-18)12-13-29-21-14-22(26-23(24)25-21)30-15-17-8-10-19(28-2)11-9-17/h3-11,14,20H,12-13,15-16H2,1-2H3,(H2,24,25,26). The summed E-state index contributed by atoms with van der Waals surface area (Å²) in [6.07, 6.45) is 0.449. The van der Waals surface area contributed by atoms with E-state index < -0.39 is 0 Å². The number of aromatic nitrogens is 2. The van der Waals surface area contributed by atoms with Crippen LogP contribution in [0.15, 0.2) is 60.7 Å². The van der Waals surface area contributed by atoms with Crippen molar-refractivity contribution in [3.8, 4) is 17.5 Å². The van der Waals surface area contributed by atoms with Crippen molar-refractivity contribution in [2.45, 2.75) is 19.1 Å². The summed E-state index contributed by atoms with van der Waals surface area (Å²) in [7, 11) is 3.22. The zero-order chi connectivity index (χ0) is 21.9. The van der Waals surface area contributed by atoms with Crippen molar-refractivity contribution in [1.82, 2.24) is 9.97 Å². The SMILES string of the molecule is COCOC(CCOc1cc(OCc2ccc(OC)cc2)nc(N)n1)c1ccccc1. The van der Waals surface area contributed by atoms with Crippen molar-refractivity contribution in [2.75, 3.05) is 33.4 Å². The number of ether oxygens (including phenoxy) is 5. The van der Waals surface area contributed by atoms with Crippen LogP contribution in [0.1, 0.15) is 23.7 Å². The topological polar surface area (TPSA) is 98.0 Å². The summed E-state index contributed by atoms with van der Waals surface area (Å²) in [5.41, 5.74) is 7.84. The van der Waals surface area contributed by atoms with E-state index >= 15 is 0 Å². The molecule has 0 saturated carbocycles. The molecule has 1 unspecified atom stereocenters. The van der Waals surface area contributed by atoms with Crippen LogP contribution < -0.4 is 19.9 Å². The molecule has 0 aliphatic rings. The van der Waals surface area contributed by atoms with Gasteiger partial charge in [0.05, 0.1) is 25.9 Å². The Bertz CT molecular complexity index is 922. The van der Waals surface area contributed by atoms with E-state index in [1.165, 1.54) is 0 Å². The molecule has 3 aromatic rings. The van der Waals surface area contributed by atoms with Crippen LogP contribution in [0.5, 0.6) is 17.5 Å². The summed E-state index contributed by atoms with van der Waals surface area (Å²) >= 11 is 0. The first kappa shape index (κ1) is 22.3. The largest absolute Gasteiger partial charge is 0.497 e. The van der Waals surface area contributed by atoms with Gasteiger partial charge in [-0.15, -0.1) is 0 Å². The molecule has 3 rings (SSSR count). The number of nitrogens with zero attached hydrogens (tertiary/aromatic N) is 2. The monoisotopic (exact) mass is 425 g/mol. The smallest absolute Gasteiger partial charge is 0.226 e. The van der Waals surface area contributed by atoms with E-state index in [0.717, 1.165) is 16.9 Å². The third-order valence-electron chi connectivity index (χ3n) is 4.43. The lowest BCUT2D eigenvalue weighted by Crippen LogP contribution is -2.12. The highest BCUT2D eigenvalue weighted by molar-refractivity contribution is 5.30. The summed E-state index contributed by atoms with van der Waals surface area (Å²) < 4.78 is 27.5. The number of nitrogens with two attached hydrogens (primary N) is 1. The summed E-state index contributed by atoms with van der Waals surface area (Å²) in [6.45, 7) is 0.905. The highest BCUT2D eigenvalue weighted by Crippen LogP contribution is 2.23. The Morgan fingerprint density at radius 1 is 0.903 bits per heavy atom. The minimum Gasteiger partial charge on any atom is -0.497 e. The predicted octanol–water partition coefficient (Wildman–Crippen LogP) is 3.78. The van der Waals surface area contributed by atoms with E-state index in [9.17, 15) is 0 Å². The molecule has 2 aromatic carbocycles. The average Bonchev–Trinajstić information content (AvgIpc) is 2.80. The summed E-state index contributed by atoms with van der Waals surface area (Å²) in [6, 6.07) is 19.1. The Morgan fingerprint density at radius 3 is 2.29 bits per heavy atom. The first-order chi connectivity index (χ1) is 15.2. The second-order valence-corrected chi connectivity index (χ2v) is 6.65. The Balaban J connectivity index is 1.56. The van der Waals surface area contributed by atoms with Gasteiger partial charge in [-0.1, -0.05) is 42.5 Å². The van der Waals surface area contributed by atoms with Gasteiger partial charge in [-0.05, 0) is 23.3 Å². The lowest BCUT2D eigenvalue weighted by Gasteiger charge is -2.18.